The summed E-state index contributed by atoms with van der Waals surface area (Å²) in [6, 6.07) is 6.27. The molecule has 0 saturated carbocycles. The molecule has 0 bridgehead atoms. The summed E-state index contributed by atoms with van der Waals surface area (Å²) >= 11 is 7.33. The van der Waals surface area contributed by atoms with Crippen LogP contribution in [-0.2, 0) is 0 Å². The van der Waals surface area contributed by atoms with Crippen LogP contribution in [0.2, 0.25) is 0 Å². The highest BCUT2D eigenvalue weighted by molar-refractivity contribution is 9.10. The van der Waals surface area contributed by atoms with Crippen LogP contribution < -0.4 is 4.74 Å². The highest BCUT2D eigenvalue weighted by Gasteiger charge is 2.23. The minimum atomic E-state index is 0.343. The van der Waals surface area contributed by atoms with E-state index in [9.17, 15) is 0 Å². The molecule has 2 unspecified atom stereocenters. The van der Waals surface area contributed by atoms with Crippen LogP contribution in [0.4, 0.5) is 0 Å². The quantitative estimate of drug-likeness (QED) is 0.587. The van der Waals surface area contributed by atoms with Gasteiger partial charge in [0.2, 0.25) is 0 Å². The smallest absolute Gasteiger partial charge is 0.133 e. The zero-order valence-electron chi connectivity index (χ0n) is 11.8. The molecule has 1 aromatic carbocycles. The van der Waals surface area contributed by atoms with Gasteiger partial charge in [-0.05, 0) is 51.4 Å². The zero-order chi connectivity index (χ0) is 13.9. The standard InChI is InChI=1S/C15H22Br2O/c1-10(15(2,3)4)8-12(16)11-6-7-14(18-5)13(17)9-11/h6-7,9-10,12H,8H2,1-5H3. The molecule has 0 aliphatic rings. The Kier molecular flexibility index (Phi) is 5.72. The summed E-state index contributed by atoms with van der Waals surface area (Å²) in [6.45, 7) is 9.19. The molecule has 0 saturated heterocycles. The Bertz CT molecular complexity index is 396. The molecule has 1 rings (SSSR count). The number of alkyl halides is 1. The lowest BCUT2D eigenvalue weighted by Crippen LogP contribution is -2.18. The van der Waals surface area contributed by atoms with E-state index in [-0.39, 0.29) is 0 Å². The summed E-state index contributed by atoms with van der Waals surface area (Å²) in [5.41, 5.74) is 1.63. The van der Waals surface area contributed by atoms with Gasteiger partial charge in [0, 0.05) is 4.83 Å². The average Bonchev–Trinajstić information content (AvgIpc) is 2.27. The van der Waals surface area contributed by atoms with Crippen molar-refractivity contribution in [3.8, 4) is 5.75 Å². The van der Waals surface area contributed by atoms with E-state index in [1.54, 1.807) is 7.11 Å². The highest BCUT2D eigenvalue weighted by atomic mass is 79.9. The van der Waals surface area contributed by atoms with Gasteiger partial charge >= 0.3 is 0 Å². The summed E-state index contributed by atoms with van der Waals surface area (Å²) in [6.07, 6.45) is 1.13. The third kappa shape index (κ3) is 4.27. The van der Waals surface area contributed by atoms with E-state index in [0.29, 0.717) is 16.2 Å². The fourth-order valence-corrected chi connectivity index (χ4v) is 3.08. The Morgan fingerprint density at radius 3 is 2.33 bits per heavy atom. The second-order valence-corrected chi connectivity index (χ2v) is 7.82. The maximum Gasteiger partial charge on any atom is 0.133 e. The Hall–Kier alpha value is -0.0200. The Morgan fingerprint density at radius 2 is 1.89 bits per heavy atom. The normalized spacial score (nSPS) is 15.3. The molecule has 18 heavy (non-hydrogen) atoms. The molecule has 0 aromatic heterocycles. The van der Waals surface area contributed by atoms with E-state index in [0.717, 1.165) is 16.6 Å². The molecule has 0 amide bonds. The fourth-order valence-electron chi connectivity index (χ4n) is 1.68. The van der Waals surface area contributed by atoms with E-state index in [4.69, 9.17) is 4.74 Å². The molecule has 0 fully saturated rings. The first-order valence-corrected chi connectivity index (χ1v) is 7.94. The van der Waals surface area contributed by atoms with Crippen molar-refractivity contribution in [2.75, 3.05) is 7.11 Å². The first-order valence-electron chi connectivity index (χ1n) is 6.23. The molecule has 0 aliphatic carbocycles. The molecular formula is C15H22Br2O. The molecule has 3 heteroatoms. The van der Waals surface area contributed by atoms with Crippen LogP contribution in [0.1, 0.15) is 44.5 Å². The van der Waals surface area contributed by atoms with Crippen LogP contribution in [0.15, 0.2) is 22.7 Å². The molecule has 1 nitrogen and oxygen atoms in total. The van der Waals surface area contributed by atoms with Gasteiger partial charge < -0.3 is 4.74 Å². The second kappa shape index (κ2) is 6.42. The summed E-state index contributed by atoms with van der Waals surface area (Å²) < 4.78 is 6.26. The molecule has 0 N–H and O–H groups in total. The van der Waals surface area contributed by atoms with Gasteiger partial charge in [0.25, 0.3) is 0 Å². The molecule has 102 valence electrons. The van der Waals surface area contributed by atoms with Crippen molar-refractivity contribution in [2.24, 2.45) is 11.3 Å². The first-order chi connectivity index (χ1) is 8.25. The SMILES string of the molecule is COc1ccc(C(Br)CC(C)C(C)(C)C)cc1Br. The van der Waals surface area contributed by atoms with E-state index < -0.39 is 0 Å². The van der Waals surface area contributed by atoms with Gasteiger partial charge in [-0.25, -0.2) is 0 Å². The third-order valence-corrected chi connectivity index (χ3v) is 5.10. The van der Waals surface area contributed by atoms with Crippen LogP contribution in [0, 0.1) is 11.3 Å². The molecule has 0 radical (unpaired) electrons. The summed E-state index contributed by atoms with van der Waals surface area (Å²) in [7, 11) is 1.69. The minimum absolute atomic E-state index is 0.343. The maximum absolute atomic E-state index is 5.25. The second-order valence-electron chi connectivity index (χ2n) is 5.86. The Morgan fingerprint density at radius 1 is 1.28 bits per heavy atom. The number of benzene rings is 1. The minimum Gasteiger partial charge on any atom is -0.496 e. The van der Waals surface area contributed by atoms with Crippen molar-refractivity contribution in [2.45, 2.75) is 38.9 Å². The number of methoxy groups -OCH3 is 1. The van der Waals surface area contributed by atoms with Gasteiger partial charge in [0.15, 0.2) is 0 Å². The third-order valence-electron chi connectivity index (χ3n) is 3.58. The van der Waals surface area contributed by atoms with Gasteiger partial charge in [0.1, 0.15) is 5.75 Å². The maximum atomic E-state index is 5.25. The largest absolute Gasteiger partial charge is 0.496 e. The van der Waals surface area contributed by atoms with Crippen molar-refractivity contribution in [1.82, 2.24) is 0 Å². The first kappa shape index (κ1) is 16.0. The monoisotopic (exact) mass is 376 g/mol. The number of hydrogen-bond donors (Lipinski definition) is 0. The summed E-state index contributed by atoms with van der Waals surface area (Å²) in [5.74, 6) is 1.53. The lowest BCUT2D eigenvalue weighted by atomic mass is 9.79. The van der Waals surface area contributed by atoms with Crippen LogP contribution in [0.25, 0.3) is 0 Å². The number of rotatable bonds is 4. The summed E-state index contributed by atoms with van der Waals surface area (Å²) in [5, 5.41) is 0. The summed E-state index contributed by atoms with van der Waals surface area (Å²) in [4.78, 5) is 0.383. The molecule has 1 aromatic rings. The van der Waals surface area contributed by atoms with Crippen LogP contribution in [-0.4, -0.2) is 7.11 Å². The van der Waals surface area contributed by atoms with Crippen molar-refractivity contribution >= 4 is 31.9 Å². The van der Waals surface area contributed by atoms with Crippen molar-refractivity contribution in [1.29, 1.82) is 0 Å². The van der Waals surface area contributed by atoms with Gasteiger partial charge in [-0.1, -0.05) is 49.7 Å². The molecule has 2 atom stereocenters. The Labute approximate surface area is 128 Å². The molecule has 0 heterocycles. The molecule has 0 spiro atoms. The van der Waals surface area contributed by atoms with Gasteiger partial charge in [0.05, 0.1) is 11.6 Å². The number of hydrogen-bond acceptors (Lipinski definition) is 1. The van der Waals surface area contributed by atoms with Crippen LogP contribution >= 0.6 is 31.9 Å². The average molecular weight is 378 g/mol. The van der Waals surface area contributed by atoms with E-state index in [2.05, 4.69) is 71.7 Å². The molecular weight excluding hydrogens is 356 g/mol. The van der Waals surface area contributed by atoms with Crippen LogP contribution in [0.3, 0.4) is 0 Å². The predicted molar refractivity (Wildman–Crippen MR) is 85.6 cm³/mol. The van der Waals surface area contributed by atoms with Gasteiger partial charge in [-0.15, -0.1) is 0 Å². The van der Waals surface area contributed by atoms with Crippen molar-refractivity contribution in [3.05, 3.63) is 28.2 Å². The van der Waals surface area contributed by atoms with Crippen LogP contribution in [0.5, 0.6) is 5.75 Å². The van der Waals surface area contributed by atoms with Gasteiger partial charge in [-0.3, -0.25) is 0 Å². The number of ether oxygens (including phenoxy) is 1. The van der Waals surface area contributed by atoms with Gasteiger partial charge in [-0.2, -0.15) is 0 Å². The lowest BCUT2D eigenvalue weighted by molar-refractivity contribution is 0.246. The fraction of sp³-hybridized carbons (Fsp3) is 0.600. The van der Waals surface area contributed by atoms with E-state index >= 15 is 0 Å². The zero-order valence-corrected chi connectivity index (χ0v) is 14.9. The van der Waals surface area contributed by atoms with E-state index in [1.165, 1.54) is 5.56 Å². The van der Waals surface area contributed by atoms with E-state index in [1.807, 2.05) is 6.07 Å². The number of halogens is 2. The van der Waals surface area contributed by atoms with Crippen molar-refractivity contribution < 1.29 is 4.74 Å². The molecule has 0 aliphatic heterocycles. The lowest BCUT2D eigenvalue weighted by Gasteiger charge is -2.29. The Balaban J connectivity index is 2.79. The highest BCUT2D eigenvalue weighted by Crippen LogP contribution is 2.39. The van der Waals surface area contributed by atoms with Crippen molar-refractivity contribution in [3.63, 3.8) is 0 Å². The topological polar surface area (TPSA) is 9.23 Å². The predicted octanol–water partition coefficient (Wildman–Crippen LogP) is 5.97.